The van der Waals surface area contributed by atoms with Gasteiger partial charge in [0.2, 0.25) is 10.0 Å². The first-order valence-electron chi connectivity index (χ1n) is 9.77. The highest BCUT2D eigenvalue weighted by Crippen LogP contribution is 2.38. The average Bonchev–Trinajstić information content (AvgIpc) is 3.13. The van der Waals surface area contributed by atoms with Crippen LogP contribution in [0, 0.1) is 0 Å². The number of amides is 2. The van der Waals surface area contributed by atoms with Crippen molar-refractivity contribution in [3.05, 3.63) is 66.2 Å². The van der Waals surface area contributed by atoms with Crippen LogP contribution in [-0.4, -0.2) is 67.4 Å². The van der Waals surface area contributed by atoms with E-state index in [1.165, 1.54) is 4.31 Å². The van der Waals surface area contributed by atoms with Crippen molar-refractivity contribution >= 4 is 16.1 Å². The van der Waals surface area contributed by atoms with Crippen LogP contribution in [0.3, 0.4) is 0 Å². The summed E-state index contributed by atoms with van der Waals surface area (Å²) < 4.78 is 33.7. The number of urea groups is 1. The maximum Gasteiger partial charge on any atom is 0.322 e. The van der Waals surface area contributed by atoms with Crippen LogP contribution in [0.2, 0.25) is 0 Å². The first-order chi connectivity index (χ1) is 14.0. The van der Waals surface area contributed by atoms with E-state index in [0.717, 1.165) is 5.56 Å². The maximum absolute atomic E-state index is 13.5. The van der Waals surface area contributed by atoms with Gasteiger partial charge in [0.1, 0.15) is 6.17 Å². The molecule has 0 aromatic heterocycles. The molecule has 0 spiro atoms. The first kappa shape index (κ1) is 19.9. The Balaban J connectivity index is 1.75. The number of hydrogen-bond donors (Lipinski definition) is 0. The summed E-state index contributed by atoms with van der Waals surface area (Å²) in [5.41, 5.74) is 0.776. The third-order valence-corrected chi connectivity index (χ3v) is 7.24. The van der Waals surface area contributed by atoms with Gasteiger partial charge in [0, 0.05) is 25.7 Å². The molecule has 0 bridgehead atoms. The summed E-state index contributed by atoms with van der Waals surface area (Å²) >= 11 is 0. The Hall–Kier alpha value is -2.42. The van der Waals surface area contributed by atoms with Crippen LogP contribution in [0.4, 0.5) is 4.79 Å². The van der Waals surface area contributed by atoms with E-state index in [-0.39, 0.29) is 23.5 Å². The standard InChI is InChI=1S/C21H25N3O4S/c1-17-16-23(29(26,27)19-10-6-3-7-11-19)20(18-8-4-2-5-9-18)24(17)21(25)22-12-14-28-15-13-22/h2-11,17,20H,12-16H2,1H3/t17-,20-/m0/s1. The topological polar surface area (TPSA) is 70.2 Å². The molecule has 2 heterocycles. The highest BCUT2D eigenvalue weighted by molar-refractivity contribution is 7.89. The quantitative estimate of drug-likeness (QED) is 0.773. The molecule has 8 heteroatoms. The van der Waals surface area contributed by atoms with Crippen molar-refractivity contribution in [1.82, 2.24) is 14.1 Å². The van der Waals surface area contributed by atoms with Crippen molar-refractivity contribution < 1.29 is 17.9 Å². The first-order valence-corrected chi connectivity index (χ1v) is 11.2. The molecule has 154 valence electrons. The highest BCUT2D eigenvalue weighted by Gasteiger charge is 2.48. The normalized spacial score (nSPS) is 23.3. The van der Waals surface area contributed by atoms with Crippen LogP contribution in [0.1, 0.15) is 18.7 Å². The summed E-state index contributed by atoms with van der Waals surface area (Å²) in [5, 5.41) is 0. The number of morpholine rings is 1. The molecule has 2 aliphatic rings. The third kappa shape index (κ3) is 3.75. The molecule has 4 rings (SSSR count). The Morgan fingerprint density at radius 3 is 2.17 bits per heavy atom. The van der Waals surface area contributed by atoms with Gasteiger partial charge in [0.15, 0.2) is 0 Å². The number of nitrogens with zero attached hydrogens (tertiary/aromatic N) is 3. The van der Waals surface area contributed by atoms with Crippen LogP contribution in [0.15, 0.2) is 65.6 Å². The number of sulfonamides is 1. The SMILES string of the molecule is C[C@H]1CN(S(=O)(=O)c2ccccc2)[C@H](c2ccccc2)N1C(=O)N1CCOCC1. The molecule has 2 amide bonds. The van der Waals surface area contributed by atoms with E-state index >= 15 is 0 Å². The smallest absolute Gasteiger partial charge is 0.322 e. The van der Waals surface area contributed by atoms with E-state index in [9.17, 15) is 13.2 Å². The molecule has 2 fully saturated rings. The van der Waals surface area contributed by atoms with E-state index in [4.69, 9.17) is 4.74 Å². The zero-order chi connectivity index (χ0) is 20.4. The highest BCUT2D eigenvalue weighted by atomic mass is 32.2. The van der Waals surface area contributed by atoms with Gasteiger partial charge in [0.25, 0.3) is 0 Å². The van der Waals surface area contributed by atoms with Gasteiger partial charge < -0.3 is 9.64 Å². The molecule has 2 saturated heterocycles. The Bertz CT molecular complexity index is 946. The van der Waals surface area contributed by atoms with Gasteiger partial charge in [-0.2, -0.15) is 4.31 Å². The predicted molar refractivity (Wildman–Crippen MR) is 109 cm³/mol. The molecule has 0 saturated carbocycles. The number of carbonyl (C=O) groups is 1. The van der Waals surface area contributed by atoms with E-state index in [1.807, 2.05) is 37.3 Å². The van der Waals surface area contributed by atoms with Gasteiger partial charge in [0.05, 0.1) is 18.1 Å². The minimum absolute atomic E-state index is 0.152. The van der Waals surface area contributed by atoms with E-state index in [0.29, 0.717) is 26.3 Å². The lowest BCUT2D eigenvalue weighted by Crippen LogP contribution is -2.50. The Morgan fingerprint density at radius 1 is 0.966 bits per heavy atom. The van der Waals surface area contributed by atoms with Crippen LogP contribution >= 0.6 is 0 Å². The zero-order valence-corrected chi connectivity index (χ0v) is 17.2. The Kier molecular flexibility index (Phi) is 5.58. The van der Waals surface area contributed by atoms with Gasteiger partial charge in [-0.05, 0) is 24.6 Å². The van der Waals surface area contributed by atoms with Crippen molar-refractivity contribution in [2.75, 3.05) is 32.8 Å². The molecule has 0 N–H and O–H groups in total. The van der Waals surface area contributed by atoms with Crippen molar-refractivity contribution in [1.29, 1.82) is 0 Å². The summed E-state index contributed by atoms with van der Waals surface area (Å²) in [6, 6.07) is 17.3. The minimum atomic E-state index is -3.77. The summed E-state index contributed by atoms with van der Waals surface area (Å²) in [4.78, 5) is 17.0. The average molecular weight is 416 g/mol. The second-order valence-corrected chi connectivity index (χ2v) is 9.20. The molecule has 7 nitrogen and oxygen atoms in total. The predicted octanol–water partition coefficient (Wildman–Crippen LogP) is 2.53. The van der Waals surface area contributed by atoms with Crippen LogP contribution in [-0.2, 0) is 14.8 Å². The molecule has 0 aliphatic carbocycles. The molecular weight excluding hydrogens is 390 g/mol. The van der Waals surface area contributed by atoms with Gasteiger partial charge >= 0.3 is 6.03 Å². The Morgan fingerprint density at radius 2 is 1.55 bits per heavy atom. The van der Waals surface area contributed by atoms with Crippen molar-refractivity contribution in [3.63, 3.8) is 0 Å². The molecule has 2 aliphatic heterocycles. The fourth-order valence-electron chi connectivity index (χ4n) is 3.95. The molecule has 0 unspecified atom stereocenters. The van der Waals surface area contributed by atoms with Gasteiger partial charge in [-0.3, -0.25) is 4.90 Å². The number of hydrogen-bond acceptors (Lipinski definition) is 4. The molecular formula is C21H25N3O4S. The fourth-order valence-corrected chi connectivity index (χ4v) is 5.62. The number of benzene rings is 2. The third-order valence-electron chi connectivity index (χ3n) is 5.41. The van der Waals surface area contributed by atoms with Gasteiger partial charge in [-0.1, -0.05) is 48.5 Å². The summed E-state index contributed by atoms with van der Waals surface area (Å²) in [6.45, 7) is 4.15. The van der Waals surface area contributed by atoms with E-state index in [1.54, 1.807) is 40.1 Å². The van der Waals surface area contributed by atoms with Gasteiger partial charge in [-0.15, -0.1) is 0 Å². The largest absolute Gasteiger partial charge is 0.378 e. The van der Waals surface area contributed by atoms with Crippen LogP contribution in [0.5, 0.6) is 0 Å². The van der Waals surface area contributed by atoms with Crippen molar-refractivity contribution in [2.45, 2.75) is 24.0 Å². The number of rotatable bonds is 3. The summed E-state index contributed by atoms with van der Waals surface area (Å²) in [5.74, 6) is 0. The van der Waals surface area contributed by atoms with E-state index < -0.39 is 16.2 Å². The van der Waals surface area contributed by atoms with Crippen molar-refractivity contribution in [3.8, 4) is 0 Å². The van der Waals surface area contributed by atoms with Crippen molar-refractivity contribution in [2.24, 2.45) is 0 Å². The maximum atomic E-state index is 13.5. The molecule has 0 radical (unpaired) electrons. The Labute approximate surface area is 171 Å². The van der Waals surface area contributed by atoms with Crippen LogP contribution in [0.25, 0.3) is 0 Å². The van der Waals surface area contributed by atoms with E-state index in [2.05, 4.69) is 0 Å². The minimum Gasteiger partial charge on any atom is -0.378 e. The molecule has 2 atom stereocenters. The zero-order valence-electron chi connectivity index (χ0n) is 16.3. The second kappa shape index (κ2) is 8.14. The lowest BCUT2D eigenvalue weighted by atomic mass is 10.1. The molecule has 2 aromatic carbocycles. The lowest BCUT2D eigenvalue weighted by molar-refractivity contribution is 0.0369. The van der Waals surface area contributed by atoms with Crippen LogP contribution < -0.4 is 0 Å². The lowest BCUT2D eigenvalue weighted by Gasteiger charge is -2.36. The molecule has 2 aromatic rings. The number of carbonyl (C=O) groups excluding carboxylic acids is 1. The fraction of sp³-hybridized carbons (Fsp3) is 0.381. The second-order valence-electron chi connectivity index (χ2n) is 7.31. The number of ether oxygens (including phenoxy) is 1. The monoisotopic (exact) mass is 415 g/mol. The molecule has 29 heavy (non-hydrogen) atoms. The summed E-state index contributed by atoms with van der Waals surface area (Å²) in [6.07, 6.45) is -0.688. The summed E-state index contributed by atoms with van der Waals surface area (Å²) in [7, 11) is -3.77. The van der Waals surface area contributed by atoms with Gasteiger partial charge in [-0.25, -0.2) is 13.2 Å².